The van der Waals surface area contributed by atoms with Crippen molar-refractivity contribution in [1.29, 1.82) is 0 Å². The Morgan fingerprint density at radius 2 is 1.92 bits per heavy atom. The van der Waals surface area contributed by atoms with Crippen LogP contribution in [0, 0.1) is 6.92 Å². The maximum Gasteiger partial charge on any atom is 0.310 e. The molecule has 0 unspecified atom stereocenters. The predicted octanol–water partition coefficient (Wildman–Crippen LogP) is 5.35. The van der Waals surface area contributed by atoms with Crippen molar-refractivity contribution in [2.75, 3.05) is 0 Å². The van der Waals surface area contributed by atoms with E-state index in [-0.39, 0.29) is 19.0 Å². The van der Waals surface area contributed by atoms with E-state index in [1.165, 1.54) is 0 Å². The number of halogens is 2. The lowest BCUT2D eigenvalue weighted by Crippen LogP contribution is -2.09. The van der Waals surface area contributed by atoms with E-state index >= 15 is 0 Å². The van der Waals surface area contributed by atoms with Crippen molar-refractivity contribution < 1.29 is 14.1 Å². The summed E-state index contributed by atoms with van der Waals surface area (Å²) in [5.41, 5.74) is 3.03. The number of esters is 1. The monoisotopic (exact) mass is 419 g/mol. The van der Waals surface area contributed by atoms with E-state index < -0.39 is 0 Å². The Morgan fingerprint density at radius 1 is 1.20 bits per heavy atom. The third kappa shape index (κ3) is 4.30. The fourth-order valence-electron chi connectivity index (χ4n) is 2.39. The minimum atomic E-state index is -0.357. The molecule has 0 atom stereocenters. The van der Waals surface area contributed by atoms with Gasteiger partial charge in [0.1, 0.15) is 6.61 Å². The van der Waals surface area contributed by atoms with Crippen molar-refractivity contribution in [2.24, 2.45) is 0 Å². The highest BCUT2D eigenvalue weighted by Gasteiger charge is 2.19. The molecule has 3 aromatic rings. The highest BCUT2D eigenvalue weighted by molar-refractivity contribution is 9.10. The number of nitrogens with zero attached hydrogens (tertiary/aromatic N) is 1. The fourth-order valence-corrected chi connectivity index (χ4v) is 2.85. The minimum Gasteiger partial charge on any atom is -0.460 e. The van der Waals surface area contributed by atoms with Crippen LogP contribution in [-0.2, 0) is 22.6 Å². The molecule has 0 spiro atoms. The zero-order valence-electron chi connectivity index (χ0n) is 13.5. The molecule has 0 aliphatic carbocycles. The Labute approximate surface area is 158 Å². The topological polar surface area (TPSA) is 52.3 Å². The molecule has 1 heterocycles. The highest BCUT2D eigenvalue weighted by atomic mass is 79.9. The summed E-state index contributed by atoms with van der Waals surface area (Å²) in [4.78, 5) is 12.2. The molecule has 0 aliphatic heterocycles. The second kappa shape index (κ2) is 7.85. The van der Waals surface area contributed by atoms with Gasteiger partial charge in [0.25, 0.3) is 0 Å². The first-order chi connectivity index (χ1) is 12.0. The van der Waals surface area contributed by atoms with Gasteiger partial charge in [-0.3, -0.25) is 4.79 Å². The molecule has 0 saturated carbocycles. The Kier molecular flexibility index (Phi) is 5.56. The van der Waals surface area contributed by atoms with Crippen LogP contribution in [0.5, 0.6) is 0 Å². The number of benzene rings is 2. The molecule has 3 rings (SSSR count). The summed E-state index contributed by atoms with van der Waals surface area (Å²) < 4.78 is 11.7. The second-order valence-electron chi connectivity index (χ2n) is 5.51. The SMILES string of the molecule is Cc1noc(-c2ccc(Br)cc2)c1CC(=O)OCc1ccccc1Cl. The number of aromatic nitrogens is 1. The lowest BCUT2D eigenvalue weighted by molar-refractivity contribution is -0.144. The lowest BCUT2D eigenvalue weighted by Gasteiger charge is -2.07. The lowest BCUT2D eigenvalue weighted by atomic mass is 10.0. The largest absolute Gasteiger partial charge is 0.460 e. The number of carbonyl (C=O) groups is 1. The smallest absolute Gasteiger partial charge is 0.310 e. The van der Waals surface area contributed by atoms with Gasteiger partial charge >= 0.3 is 5.97 Å². The van der Waals surface area contributed by atoms with E-state index in [9.17, 15) is 4.79 Å². The standard InChI is InChI=1S/C19H15BrClNO3/c1-12-16(19(25-22-12)13-6-8-15(20)9-7-13)10-18(23)24-11-14-4-2-3-5-17(14)21/h2-9H,10-11H2,1H3. The number of hydrogen-bond donors (Lipinski definition) is 0. The zero-order valence-corrected chi connectivity index (χ0v) is 15.8. The van der Waals surface area contributed by atoms with E-state index in [1.807, 2.05) is 49.4 Å². The molecule has 0 radical (unpaired) electrons. The van der Waals surface area contributed by atoms with Gasteiger partial charge in [-0.1, -0.05) is 63.0 Å². The van der Waals surface area contributed by atoms with Crippen LogP contribution in [0.25, 0.3) is 11.3 Å². The van der Waals surface area contributed by atoms with Gasteiger partial charge in [-0.15, -0.1) is 0 Å². The number of hydrogen-bond acceptors (Lipinski definition) is 4. The van der Waals surface area contributed by atoms with Crippen LogP contribution in [0.15, 0.2) is 57.5 Å². The van der Waals surface area contributed by atoms with Crippen molar-refractivity contribution in [3.63, 3.8) is 0 Å². The Bertz CT molecular complexity index is 890. The number of carbonyl (C=O) groups excluding carboxylic acids is 1. The van der Waals surface area contributed by atoms with Crippen LogP contribution >= 0.6 is 27.5 Å². The average molecular weight is 421 g/mol. The minimum absolute atomic E-state index is 0.0885. The van der Waals surface area contributed by atoms with Crippen LogP contribution in [0.4, 0.5) is 0 Å². The normalized spacial score (nSPS) is 10.7. The summed E-state index contributed by atoms with van der Waals surface area (Å²) in [6.45, 7) is 1.94. The molecule has 6 heteroatoms. The number of aryl methyl sites for hydroxylation is 1. The van der Waals surface area contributed by atoms with Crippen molar-refractivity contribution >= 4 is 33.5 Å². The maximum absolute atomic E-state index is 12.2. The quantitative estimate of drug-likeness (QED) is 0.522. The van der Waals surface area contributed by atoms with E-state index in [1.54, 1.807) is 6.07 Å². The van der Waals surface area contributed by atoms with Gasteiger partial charge < -0.3 is 9.26 Å². The van der Waals surface area contributed by atoms with E-state index in [4.69, 9.17) is 20.9 Å². The van der Waals surface area contributed by atoms with E-state index in [0.717, 1.165) is 21.2 Å². The van der Waals surface area contributed by atoms with Gasteiger partial charge in [0.05, 0.1) is 12.1 Å². The molecule has 0 aliphatic rings. The molecule has 25 heavy (non-hydrogen) atoms. The van der Waals surface area contributed by atoms with Crippen molar-refractivity contribution in [1.82, 2.24) is 5.16 Å². The molecule has 0 saturated heterocycles. The average Bonchev–Trinajstić information content (AvgIpc) is 2.96. The first kappa shape index (κ1) is 17.7. The van der Waals surface area contributed by atoms with Gasteiger partial charge in [0.2, 0.25) is 0 Å². The van der Waals surface area contributed by atoms with Crippen molar-refractivity contribution in [3.8, 4) is 11.3 Å². The van der Waals surface area contributed by atoms with Gasteiger partial charge in [-0.25, -0.2) is 0 Å². The molecule has 0 fully saturated rings. The third-order valence-corrected chi connectivity index (χ3v) is 4.66. The predicted molar refractivity (Wildman–Crippen MR) is 99.3 cm³/mol. The zero-order chi connectivity index (χ0) is 17.8. The van der Waals surface area contributed by atoms with Gasteiger partial charge in [-0.2, -0.15) is 0 Å². The van der Waals surface area contributed by atoms with Gasteiger partial charge in [-0.05, 0) is 25.1 Å². The summed E-state index contributed by atoms with van der Waals surface area (Å²) in [6.07, 6.45) is 0.0885. The second-order valence-corrected chi connectivity index (χ2v) is 6.83. The molecular formula is C19H15BrClNO3. The first-order valence-corrected chi connectivity index (χ1v) is 8.82. The fraction of sp³-hybridized carbons (Fsp3) is 0.158. The molecule has 0 N–H and O–H groups in total. The summed E-state index contributed by atoms with van der Waals surface area (Å²) in [5, 5.41) is 4.56. The molecule has 128 valence electrons. The molecular weight excluding hydrogens is 406 g/mol. The van der Waals surface area contributed by atoms with Gasteiger partial charge in [0, 0.05) is 26.2 Å². The Balaban J connectivity index is 1.72. The molecule has 0 amide bonds. The van der Waals surface area contributed by atoms with E-state index in [2.05, 4.69) is 21.1 Å². The summed E-state index contributed by atoms with van der Waals surface area (Å²) in [6, 6.07) is 14.9. The van der Waals surface area contributed by atoms with Crippen LogP contribution in [-0.4, -0.2) is 11.1 Å². The van der Waals surface area contributed by atoms with Crippen LogP contribution < -0.4 is 0 Å². The van der Waals surface area contributed by atoms with Crippen LogP contribution in [0.3, 0.4) is 0 Å². The number of ether oxygens (including phenoxy) is 1. The number of rotatable bonds is 5. The molecule has 0 bridgehead atoms. The van der Waals surface area contributed by atoms with Crippen molar-refractivity contribution in [3.05, 3.63) is 74.8 Å². The molecule has 1 aromatic heterocycles. The third-order valence-electron chi connectivity index (χ3n) is 3.76. The first-order valence-electron chi connectivity index (χ1n) is 7.64. The van der Waals surface area contributed by atoms with Crippen molar-refractivity contribution in [2.45, 2.75) is 20.0 Å². The Morgan fingerprint density at radius 3 is 2.64 bits per heavy atom. The van der Waals surface area contributed by atoms with Gasteiger partial charge in [0.15, 0.2) is 5.76 Å². The van der Waals surface area contributed by atoms with E-state index in [0.29, 0.717) is 16.5 Å². The molecule has 2 aromatic carbocycles. The van der Waals surface area contributed by atoms with Crippen LogP contribution in [0.1, 0.15) is 16.8 Å². The summed E-state index contributed by atoms with van der Waals surface area (Å²) in [5.74, 6) is 0.226. The highest BCUT2D eigenvalue weighted by Crippen LogP contribution is 2.28. The summed E-state index contributed by atoms with van der Waals surface area (Å²) >= 11 is 9.47. The Hall–Kier alpha value is -2.11. The summed E-state index contributed by atoms with van der Waals surface area (Å²) in [7, 11) is 0. The maximum atomic E-state index is 12.2. The van der Waals surface area contributed by atoms with Crippen LogP contribution in [0.2, 0.25) is 5.02 Å². The molecule has 4 nitrogen and oxygen atoms in total.